The predicted octanol–water partition coefficient (Wildman–Crippen LogP) is -2.00. The fourth-order valence-electron chi connectivity index (χ4n) is 0.0781. The molecule has 0 aliphatic rings. The van der Waals surface area contributed by atoms with Crippen LogP contribution in [0.1, 0.15) is 0 Å². The summed E-state index contributed by atoms with van der Waals surface area (Å²) in [5.74, 6) is -1.18. The zero-order chi connectivity index (χ0) is 7.86. The van der Waals surface area contributed by atoms with Crippen LogP contribution in [0.25, 0.3) is 0 Å². The number of aliphatic hydroxyl groups excluding tert-OH is 2. The van der Waals surface area contributed by atoms with Crippen molar-refractivity contribution in [2.24, 2.45) is 5.73 Å². The summed E-state index contributed by atoms with van der Waals surface area (Å²) in [6, 6.07) is -1.13. The molecule has 0 radical (unpaired) electrons. The van der Waals surface area contributed by atoms with Crippen LogP contribution in [0.4, 0.5) is 0 Å². The summed E-state index contributed by atoms with van der Waals surface area (Å²) in [7, 11) is 1.00. The first-order valence-electron chi connectivity index (χ1n) is 2.22. The SMILES string of the molecule is CO.NC(CO)C(=O)O.[Os]. The molecule has 0 aromatic carbocycles. The monoisotopic (exact) mass is 329 g/mol. The second-order valence-corrected chi connectivity index (χ2v) is 1.13. The Balaban J connectivity index is -0.000000149. The quantitative estimate of drug-likeness (QED) is 0.470. The third kappa shape index (κ3) is 10.9. The fraction of sp³-hybridized carbons (Fsp3) is 0.750. The number of aliphatic carboxylic acids is 1. The molecule has 0 aliphatic carbocycles. The molecule has 0 bridgehead atoms. The molecule has 0 saturated carbocycles. The number of carbonyl (C=O) groups is 1. The van der Waals surface area contributed by atoms with E-state index in [1.165, 1.54) is 0 Å². The summed E-state index contributed by atoms with van der Waals surface area (Å²) in [6.07, 6.45) is 0. The Labute approximate surface area is 71.9 Å². The van der Waals surface area contributed by atoms with Crippen LogP contribution in [0.3, 0.4) is 0 Å². The molecule has 0 heterocycles. The topological polar surface area (TPSA) is 104 Å². The summed E-state index contributed by atoms with van der Waals surface area (Å²) >= 11 is 0. The molecule has 0 saturated heterocycles. The van der Waals surface area contributed by atoms with Crippen molar-refractivity contribution in [2.75, 3.05) is 13.7 Å². The van der Waals surface area contributed by atoms with Crippen molar-refractivity contribution in [3.8, 4) is 0 Å². The second-order valence-electron chi connectivity index (χ2n) is 1.13. The summed E-state index contributed by atoms with van der Waals surface area (Å²) in [4.78, 5) is 9.65. The largest absolute Gasteiger partial charge is 0.480 e. The van der Waals surface area contributed by atoms with Gasteiger partial charge in [0.15, 0.2) is 0 Å². The van der Waals surface area contributed by atoms with Crippen LogP contribution in [-0.2, 0) is 24.6 Å². The van der Waals surface area contributed by atoms with Gasteiger partial charge in [0.2, 0.25) is 0 Å². The third-order valence-electron chi connectivity index (χ3n) is 0.514. The summed E-state index contributed by atoms with van der Waals surface area (Å²) in [5, 5.41) is 22.9. The van der Waals surface area contributed by atoms with Crippen molar-refractivity contribution in [2.45, 2.75) is 6.04 Å². The van der Waals surface area contributed by atoms with Crippen LogP contribution >= 0.6 is 0 Å². The van der Waals surface area contributed by atoms with Crippen molar-refractivity contribution in [1.29, 1.82) is 0 Å². The van der Waals surface area contributed by atoms with E-state index in [4.69, 9.17) is 21.1 Å². The van der Waals surface area contributed by atoms with Crippen molar-refractivity contribution < 1.29 is 39.9 Å². The minimum atomic E-state index is -1.18. The number of hydrogen-bond donors (Lipinski definition) is 4. The van der Waals surface area contributed by atoms with Gasteiger partial charge in [-0.3, -0.25) is 4.79 Å². The molecule has 5 N–H and O–H groups in total. The van der Waals surface area contributed by atoms with E-state index in [0.29, 0.717) is 0 Å². The molecule has 6 heteroatoms. The van der Waals surface area contributed by atoms with Crippen molar-refractivity contribution >= 4 is 5.97 Å². The van der Waals surface area contributed by atoms with E-state index in [-0.39, 0.29) is 19.8 Å². The number of rotatable bonds is 2. The van der Waals surface area contributed by atoms with Crippen molar-refractivity contribution in [3.05, 3.63) is 0 Å². The molecule has 10 heavy (non-hydrogen) atoms. The summed E-state index contributed by atoms with van der Waals surface area (Å²) in [5.41, 5.74) is 4.77. The van der Waals surface area contributed by atoms with Crippen LogP contribution in [0, 0.1) is 0 Å². The Morgan fingerprint density at radius 2 is 1.90 bits per heavy atom. The fourth-order valence-corrected chi connectivity index (χ4v) is 0.0781. The molecule has 0 aliphatic heterocycles. The van der Waals surface area contributed by atoms with Gasteiger partial charge in [-0.1, -0.05) is 0 Å². The van der Waals surface area contributed by atoms with Crippen LogP contribution in [0.5, 0.6) is 0 Å². The number of aliphatic hydroxyl groups is 2. The first kappa shape index (κ1) is 16.5. The van der Waals surface area contributed by atoms with Gasteiger partial charge >= 0.3 is 5.97 Å². The molecule has 0 rings (SSSR count). The number of hydrogen-bond acceptors (Lipinski definition) is 4. The molecular formula is C4H11NO4Os. The number of carboxylic acids is 1. The number of carboxylic acid groups (broad SMARTS) is 1. The van der Waals surface area contributed by atoms with E-state index < -0.39 is 18.6 Å². The number of nitrogens with two attached hydrogens (primary N) is 1. The molecule has 0 amide bonds. The Hall–Kier alpha value is -0.0136. The first-order chi connectivity index (χ1) is 4.18. The van der Waals surface area contributed by atoms with E-state index in [2.05, 4.69) is 0 Å². The first-order valence-corrected chi connectivity index (χ1v) is 2.22. The van der Waals surface area contributed by atoms with Gasteiger partial charge in [0.1, 0.15) is 6.04 Å². The molecule has 0 spiro atoms. The molecule has 5 nitrogen and oxygen atoms in total. The Kier molecular flexibility index (Phi) is 19.4. The third-order valence-corrected chi connectivity index (χ3v) is 0.514. The predicted molar refractivity (Wildman–Crippen MR) is 30.8 cm³/mol. The zero-order valence-corrected chi connectivity index (χ0v) is 8.01. The molecule has 1 unspecified atom stereocenters. The minimum absolute atomic E-state index is 0. The van der Waals surface area contributed by atoms with E-state index in [1.807, 2.05) is 0 Å². The van der Waals surface area contributed by atoms with Gasteiger partial charge in [-0.25, -0.2) is 0 Å². The maximum absolute atomic E-state index is 9.65. The van der Waals surface area contributed by atoms with Gasteiger partial charge in [-0.15, -0.1) is 0 Å². The van der Waals surface area contributed by atoms with Crippen molar-refractivity contribution in [1.82, 2.24) is 0 Å². The average molecular weight is 327 g/mol. The standard InChI is InChI=1S/C3H7NO3.CH4O.Os/c4-2(1-5)3(6)7;1-2;/h2,5H,1,4H2,(H,6,7);2H,1H3;. The average Bonchev–Trinajstić information content (AvgIpc) is 1.91. The van der Waals surface area contributed by atoms with E-state index >= 15 is 0 Å². The molecule has 1 atom stereocenters. The van der Waals surface area contributed by atoms with E-state index in [9.17, 15) is 4.79 Å². The Bertz CT molecular complexity index is 79.7. The minimum Gasteiger partial charge on any atom is -0.480 e. The maximum atomic E-state index is 9.65. The van der Waals surface area contributed by atoms with Crippen LogP contribution in [-0.4, -0.2) is 41.0 Å². The van der Waals surface area contributed by atoms with Gasteiger partial charge in [0, 0.05) is 26.9 Å². The van der Waals surface area contributed by atoms with Gasteiger partial charge in [0.25, 0.3) is 0 Å². The van der Waals surface area contributed by atoms with Crippen LogP contribution < -0.4 is 5.73 Å². The molecular weight excluding hydrogens is 316 g/mol. The van der Waals surface area contributed by atoms with Crippen LogP contribution in [0.2, 0.25) is 0 Å². The maximum Gasteiger partial charge on any atom is 0.322 e. The normalized spacial score (nSPS) is 10.0. The van der Waals surface area contributed by atoms with E-state index in [1.54, 1.807) is 0 Å². The molecule has 0 fully saturated rings. The van der Waals surface area contributed by atoms with E-state index in [0.717, 1.165) is 7.11 Å². The van der Waals surface area contributed by atoms with Gasteiger partial charge < -0.3 is 21.1 Å². The van der Waals surface area contributed by atoms with Gasteiger partial charge in [-0.2, -0.15) is 0 Å². The Morgan fingerprint density at radius 3 is 1.90 bits per heavy atom. The van der Waals surface area contributed by atoms with Crippen molar-refractivity contribution in [3.63, 3.8) is 0 Å². The molecule has 0 aromatic heterocycles. The summed E-state index contributed by atoms with van der Waals surface area (Å²) in [6.45, 7) is -0.505. The smallest absolute Gasteiger partial charge is 0.322 e. The van der Waals surface area contributed by atoms with Gasteiger partial charge in [0.05, 0.1) is 6.61 Å². The summed E-state index contributed by atoms with van der Waals surface area (Å²) < 4.78 is 0. The second kappa shape index (κ2) is 11.7. The van der Waals surface area contributed by atoms with Gasteiger partial charge in [-0.05, 0) is 0 Å². The molecule has 64 valence electrons. The van der Waals surface area contributed by atoms with Crippen LogP contribution in [0.15, 0.2) is 0 Å². The zero-order valence-electron chi connectivity index (χ0n) is 5.47. The molecule has 0 aromatic rings. The Morgan fingerprint density at radius 1 is 1.60 bits per heavy atom.